The van der Waals surface area contributed by atoms with E-state index in [0.717, 1.165) is 12.8 Å². The predicted octanol–water partition coefficient (Wildman–Crippen LogP) is -0.748. The monoisotopic (exact) mass is 277 g/mol. The normalized spacial score (nSPS) is 12.8. The molecule has 0 aromatic heterocycles. The van der Waals surface area contributed by atoms with E-state index < -0.39 is 29.9 Å². The highest BCUT2D eigenvalue weighted by Crippen LogP contribution is 1.97. The summed E-state index contributed by atoms with van der Waals surface area (Å²) in [5.74, 6) is -2.54. The van der Waals surface area contributed by atoms with Gasteiger partial charge in [0.25, 0.3) is 0 Å². The molecular weight excluding hydrogens is 254 g/mol. The van der Waals surface area contributed by atoms with E-state index in [4.69, 9.17) is 27.4 Å². The molecule has 0 aromatic carbocycles. The van der Waals surface area contributed by atoms with Crippen molar-refractivity contribution in [3.63, 3.8) is 0 Å². The summed E-state index contributed by atoms with van der Waals surface area (Å²) in [5.41, 5.74) is 15.0. The van der Waals surface area contributed by atoms with Gasteiger partial charge in [-0.15, -0.1) is 0 Å². The van der Waals surface area contributed by atoms with Gasteiger partial charge in [0.1, 0.15) is 12.1 Å². The van der Waals surface area contributed by atoms with Gasteiger partial charge in [0.05, 0.1) is 0 Å². The third kappa shape index (κ3) is 14.3. The van der Waals surface area contributed by atoms with E-state index in [0.29, 0.717) is 6.42 Å². The largest absolute Gasteiger partial charge is 0.480 e. The number of carbonyl (C=O) groups excluding carboxylic acids is 1. The van der Waals surface area contributed by atoms with Gasteiger partial charge < -0.3 is 27.4 Å². The Morgan fingerprint density at radius 1 is 1.00 bits per heavy atom. The zero-order valence-corrected chi connectivity index (χ0v) is 11.0. The van der Waals surface area contributed by atoms with Gasteiger partial charge in [-0.2, -0.15) is 0 Å². The lowest BCUT2D eigenvalue weighted by Crippen LogP contribution is -2.31. The number of rotatable bonds is 8. The molecule has 0 heterocycles. The highest BCUT2D eigenvalue weighted by Gasteiger charge is 2.11. The van der Waals surface area contributed by atoms with Crippen LogP contribution in [0.3, 0.4) is 0 Å². The topological polar surface area (TPSA) is 170 Å². The van der Waals surface area contributed by atoms with Crippen LogP contribution in [0.2, 0.25) is 0 Å². The molecule has 8 N–H and O–H groups in total. The summed E-state index contributed by atoms with van der Waals surface area (Å²) in [6.07, 6.45) is 2.61. The molecule has 0 rings (SSSR count). The molecule has 0 saturated carbocycles. The van der Waals surface area contributed by atoms with Gasteiger partial charge in [-0.3, -0.25) is 14.4 Å². The molecule has 8 nitrogen and oxygen atoms in total. The van der Waals surface area contributed by atoms with Crippen molar-refractivity contribution in [3.8, 4) is 0 Å². The first-order valence-electron chi connectivity index (χ1n) is 5.97. The average Bonchev–Trinajstić information content (AvgIpc) is 2.33. The molecule has 0 aliphatic carbocycles. The van der Waals surface area contributed by atoms with E-state index in [1.165, 1.54) is 0 Å². The van der Waals surface area contributed by atoms with E-state index in [1.54, 1.807) is 0 Å². The van der Waals surface area contributed by atoms with Crippen molar-refractivity contribution in [3.05, 3.63) is 0 Å². The second kappa shape index (κ2) is 11.4. The molecule has 1 amide bonds. The molecule has 2 atom stereocenters. The third-order valence-corrected chi connectivity index (χ3v) is 2.20. The summed E-state index contributed by atoms with van der Waals surface area (Å²) in [6, 6.07) is -1.64. The van der Waals surface area contributed by atoms with Gasteiger partial charge >= 0.3 is 11.9 Å². The summed E-state index contributed by atoms with van der Waals surface area (Å²) in [6.45, 7) is 2.01. The second-order valence-corrected chi connectivity index (χ2v) is 4.04. The van der Waals surface area contributed by atoms with Crippen LogP contribution in [0, 0.1) is 0 Å². The lowest BCUT2D eigenvalue weighted by Gasteiger charge is -2.02. The molecule has 0 saturated heterocycles. The standard InChI is InChI=1S/C6H13NO2.C5H10N2O3/c1-2-3-4-5(7)6(8)9;6-3(5(9)10)1-2-4(7)8/h5H,2-4,7H2,1H3,(H,8,9);3H,1-2,6H2,(H2,7,8)(H,9,10)/t5-;3-/m00/s1. The number of carbonyl (C=O) groups is 3. The Kier molecular flexibility index (Phi) is 11.8. The fraction of sp³-hybridized carbons (Fsp3) is 0.727. The van der Waals surface area contributed by atoms with Gasteiger partial charge in [-0.25, -0.2) is 0 Å². The Balaban J connectivity index is 0. The minimum atomic E-state index is -1.11. The summed E-state index contributed by atoms with van der Waals surface area (Å²) in [7, 11) is 0. The first-order chi connectivity index (χ1) is 8.72. The van der Waals surface area contributed by atoms with E-state index in [-0.39, 0.29) is 12.8 Å². The van der Waals surface area contributed by atoms with Gasteiger partial charge in [-0.1, -0.05) is 19.8 Å². The summed E-state index contributed by atoms with van der Waals surface area (Å²) < 4.78 is 0. The van der Waals surface area contributed by atoms with Crippen molar-refractivity contribution in [1.29, 1.82) is 0 Å². The van der Waals surface area contributed by atoms with Crippen molar-refractivity contribution in [1.82, 2.24) is 0 Å². The van der Waals surface area contributed by atoms with Crippen LogP contribution in [0.25, 0.3) is 0 Å². The van der Waals surface area contributed by atoms with Gasteiger partial charge in [0, 0.05) is 6.42 Å². The fourth-order valence-electron chi connectivity index (χ4n) is 0.969. The van der Waals surface area contributed by atoms with Crippen molar-refractivity contribution in [2.75, 3.05) is 0 Å². The SMILES string of the molecule is CCCC[C@H](N)C(=O)O.NC(=O)CC[C@H](N)C(=O)O. The maximum absolute atomic E-state index is 10.1. The average molecular weight is 277 g/mol. The van der Waals surface area contributed by atoms with Crippen LogP contribution in [0.1, 0.15) is 39.0 Å². The molecular formula is C11H23N3O5. The van der Waals surface area contributed by atoms with Gasteiger partial charge in [0.15, 0.2) is 0 Å². The summed E-state index contributed by atoms with van der Waals surface area (Å²) in [4.78, 5) is 30.2. The molecule has 0 bridgehead atoms. The molecule has 0 aliphatic heterocycles. The van der Waals surface area contributed by atoms with Crippen molar-refractivity contribution >= 4 is 17.8 Å². The lowest BCUT2D eigenvalue weighted by molar-refractivity contribution is -0.139. The van der Waals surface area contributed by atoms with Crippen LogP contribution in [-0.4, -0.2) is 40.1 Å². The molecule has 8 heteroatoms. The quantitative estimate of drug-likeness (QED) is 0.388. The number of carboxylic acids is 2. The van der Waals surface area contributed by atoms with Crippen LogP contribution < -0.4 is 17.2 Å². The summed E-state index contributed by atoms with van der Waals surface area (Å²) in [5, 5.41) is 16.5. The molecule has 112 valence electrons. The Morgan fingerprint density at radius 2 is 1.42 bits per heavy atom. The Labute approximate surface area is 111 Å². The number of unbranched alkanes of at least 4 members (excludes halogenated alkanes) is 1. The zero-order chi connectivity index (χ0) is 15.4. The maximum Gasteiger partial charge on any atom is 0.320 e. The number of carboxylic acid groups (broad SMARTS) is 2. The number of nitrogens with two attached hydrogens (primary N) is 3. The number of aliphatic carboxylic acids is 2. The van der Waals surface area contributed by atoms with Crippen LogP contribution in [-0.2, 0) is 14.4 Å². The lowest BCUT2D eigenvalue weighted by atomic mass is 10.1. The predicted molar refractivity (Wildman–Crippen MR) is 69.2 cm³/mol. The fourth-order valence-corrected chi connectivity index (χ4v) is 0.969. The first-order valence-corrected chi connectivity index (χ1v) is 5.97. The van der Waals surface area contributed by atoms with Crippen LogP contribution >= 0.6 is 0 Å². The maximum atomic E-state index is 10.1. The molecule has 19 heavy (non-hydrogen) atoms. The van der Waals surface area contributed by atoms with E-state index in [1.807, 2.05) is 6.92 Å². The number of amides is 1. The smallest absolute Gasteiger partial charge is 0.320 e. The highest BCUT2D eigenvalue weighted by molar-refractivity contribution is 5.77. The van der Waals surface area contributed by atoms with Crippen LogP contribution in [0.4, 0.5) is 0 Å². The highest BCUT2D eigenvalue weighted by atomic mass is 16.4. The van der Waals surface area contributed by atoms with E-state index >= 15 is 0 Å². The van der Waals surface area contributed by atoms with E-state index in [9.17, 15) is 14.4 Å². The number of hydrogen-bond acceptors (Lipinski definition) is 5. The minimum Gasteiger partial charge on any atom is -0.480 e. The Hall–Kier alpha value is -1.67. The molecule has 0 aromatic rings. The number of hydrogen-bond donors (Lipinski definition) is 5. The van der Waals surface area contributed by atoms with Crippen LogP contribution in [0.5, 0.6) is 0 Å². The van der Waals surface area contributed by atoms with E-state index in [2.05, 4.69) is 0 Å². The molecule has 0 aliphatic rings. The van der Waals surface area contributed by atoms with Gasteiger partial charge in [-0.05, 0) is 12.8 Å². The van der Waals surface area contributed by atoms with Crippen molar-refractivity contribution < 1.29 is 24.6 Å². The van der Waals surface area contributed by atoms with Crippen molar-refractivity contribution in [2.45, 2.75) is 51.1 Å². The van der Waals surface area contributed by atoms with Gasteiger partial charge in [0.2, 0.25) is 5.91 Å². The molecule has 0 fully saturated rings. The number of primary amides is 1. The zero-order valence-electron chi connectivity index (χ0n) is 11.0. The molecule has 0 radical (unpaired) electrons. The molecule has 0 unspecified atom stereocenters. The molecule has 0 spiro atoms. The van der Waals surface area contributed by atoms with Crippen LogP contribution in [0.15, 0.2) is 0 Å². The third-order valence-electron chi connectivity index (χ3n) is 2.20. The Morgan fingerprint density at radius 3 is 1.74 bits per heavy atom. The van der Waals surface area contributed by atoms with Crippen molar-refractivity contribution in [2.24, 2.45) is 17.2 Å². The Bertz CT molecular complexity index is 296. The summed E-state index contributed by atoms with van der Waals surface area (Å²) >= 11 is 0. The minimum absolute atomic E-state index is 0.0213. The first kappa shape index (κ1) is 19.7. The second-order valence-electron chi connectivity index (χ2n) is 4.04.